The van der Waals surface area contributed by atoms with E-state index in [1.54, 1.807) is 43.3 Å². The average Bonchev–Trinajstić information content (AvgIpc) is 2.62. The fourth-order valence-electron chi connectivity index (χ4n) is 2.38. The van der Waals surface area contributed by atoms with Crippen molar-refractivity contribution in [2.24, 2.45) is 0 Å². The molecule has 2 aromatic rings. The molecule has 1 heterocycles. The second-order valence-electron chi connectivity index (χ2n) is 5.59. The molecule has 0 aliphatic carbocycles. The largest absolute Gasteiger partial charge is 0.482 e. The number of amides is 1. The van der Waals surface area contributed by atoms with E-state index in [2.05, 4.69) is 5.32 Å². The zero-order valence-corrected chi connectivity index (χ0v) is 15.2. The summed E-state index contributed by atoms with van der Waals surface area (Å²) in [6.45, 7) is 1.20. The minimum absolute atomic E-state index is 0.323. The maximum atomic E-state index is 12.2. The zero-order valence-electron chi connectivity index (χ0n) is 13.7. The van der Waals surface area contributed by atoms with Crippen molar-refractivity contribution in [3.63, 3.8) is 0 Å². The third-order valence-corrected chi connectivity index (χ3v) is 4.19. The molecule has 0 saturated carbocycles. The lowest BCUT2D eigenvalue weighted by Gasteiger charge is -2.30. The van der Waals surface area contributed by atoms with E-state index in [0.717, 1.165) is 0 Å². The number of carbonyl (C=O) groups is 2. The summed E-state index contributed by atoms with van der Waals surface area (Å²) < 4.78 is 16.3. The number of fused-ring (bicyclic) bond motifs is 1. The predicted octanol–water partition coefficient (Wildman–Crippen LogP) is 3.70. The van der Waals surface area contributed by atoms with Gasteiger partial charge in [0, 0.05) is 5.02 Å². The number of benzene rings is 2. The first-order chi connectivity index (χ1) is 12.4. The second-order valence-corrected chi connectivity index (χ2v) is 6.43. The first-order valence-corrected chi connectivity index (χ1v) is 8.53. The van der Waals surface area contributed by atoms with E-state index in [0.29, 0.717) is 27.2 Å². The van der Waals surface area contributed by atoms with Crippen molar-refractivity contribution in [2.75, 3.05) is 11.9 Å². The van der Waals surface area contributed by atoms with Gasteiger partial charge in [0.05, 0.1) is 10.7 Å². The summed E-state index contributed by atoms with van der Waals surface area (Å²) in [5.41, 5.74) is 0.333. The van der Waals surface area contributed by atoms with E-state index < -0.39 is 30.7 Å². The summed E-state index contributed by atoms with van der Waals surface area (Å²) in [6, 6.07) is 11.7. The molecule has 26 heavy (non-hydrogen) atoms. The van der Waals surface area contributed by atoms with Crippen LogP contribution in [0.25, 0.3) is 0 Å². The number of halogens is 2. The van der Waals surface area contributed by atoms with Gasteiger partial charge in [-0.2, -0.15) is 0 Å². The van der Waals surface area contributed by atoms with Gasteiger partial charge in [0.25, 0.3) is 5.91 Å². The fourth-order valence-corrected chi connectivity index (χ4v) is 2.71. The molecule has 0 radical (unpaired) electrons. The van der Waals surface area contributed by atoms with Gasteiger partial charge in [-0.15, -0.1) is 0 Å². The van der Waals surface area contributed by atoms with E-state index in [4.69, 9.17) is 37.4 Å². The van der Waals surface area contributed by atoms with Gasteiger partial charge in [-0.1, -0.05) is 35.3 Å². The maximum Gasteiger partial charge on any atom is 0.351 e. The van der Waals surface area contributed by atoms with Crippen molar-refractivity contribution in [1.82, 2.24) is 0 Å². The first-order valence-electron chi connectivity index (χ1n) is 7.78. The number of para-hydroxylation sites is 2. The molecule has 136 valence electrons. The summed E-state index contributed by atoms with van der Waals surface area (Å²) in [4.78, 5) is 24.2. The topological polar surface area (TPSA) is 73.9 Å². The van der Waals surface area contributed by atoms with Gasteiger partial charge < -0.3 is 19.5 Å². The number of ether oxygens (including phenoxy) is 3. The minimum Gasteiger partial charge on any atom is -0.482 e. The predicted molar refractivity (Wildman–Crippen MR) is 97.0 cm³/mol. The lowest BCUT2D eigenvalue weighted by Crippen LogP contribution is -2.45. The lowest BCUT2D eigenvalue weighted by molar-refractivity contribution is -0.159. The highest BCUT2D eigenvalue weighted by Crippen LogP contribution is 2.33. The Morgan fingerprint density at radius 2 is 1.81 bits per heavy atom. The quantitative estimate of drug-likeness (QED) is 0.798. The van der Waals surface area contributed by atoms with Crippen LogP contribution in [-0.4, -0.2) is 30.7 Å². The molecule has 2 aromatic carbocycles. The van der Waals surface area contributed by atoms with E-state index in [9.17, 15) is 9.59 Å². The summed E-state index contributed by atoms with van der Waals surface area (Å²) in [7, 11) is 0. The highest BCUT2D eigenvalue weighted by Gasteiger charge is 2.35. The Morgan fingerprint density at radius 1 is 1.12 bits per heavy atom. The molecule has 0 aromatic heterocycles. The van der Waals surface area contributed by atoms with Crippen molar-refractivity contribution < 1.29 is 23.8 Å². The summed E-state index contributed by atoms with van der Waals surface area (Å²) in [5, 5.41) is 3.27. The van der Waals surface area contributed by atoms with Crippen LogP contribution in [0.15, 0.2) is 42.5 Å². The van der Waals surface area contributed by atoms with Crippen LogP contribution in [0.2, 0.25) is 10.0 Å². The van der Waals surface area contributed by atoms with Crippen molar-refractivity contribution >= 4 is 40.8 Å². The molecule has 0 spiro atoms. The normalized spacial score (nSPS) is 18.1. The van der Waals surface area contributed by atoms with Gasteiger partial charge in [-0.3, -0.25) is 4.79 Å². The number of anilines is 1. The smallest absolute Gasteiger partial charge is 0.351 e. The zero-order chi connectivity index (χ0) is 18.7. The van der Waals surface area contributed by atoms with Gasteiger partial charge in [0.15, 0.2) is 18.1 Å². The molecule has 6 nitrogen and oxygen atoms in total. The third-order valence-electron chi connectivity index (χ3n) is 3.62. The Labute approximate surface area is 159 Å². The second kappa shape index (κ2) is 7.85. The van der Waals surface area contributed by atoms with Crippen LogP contribution in [0.1, 0.15) is 6.92 Å². The van der Waals surface area contributed by atoms with Crippen LogP contribution in [0.5, 0.6) is 11.5 Å². The first kappa shape index (κ1) is 18.4. The number of esters is 1. The number of hydrogen-bond donors (Lipinski definition) is 1. The average molecular weight is 396 g/mol. The van der Waals surface area contributed by atoms with Crippen LogP contribution in [-0.2, 0) is 14.3 Å². The van der Waals surface area contributed by atoms with Gasteiger partial charge in [0.2, 0.25) is 6.10 Å². The Morgan fingerprint density at radius 3 is 2.54 bits per heavy atom. The molecule has 1 aliphatic heterocycles. The molecule has 8 heteroatoms. The number of nitrogens with one attached hydrogen (secondary N) is 1. The molecule has 1 aliphatic rings. The molecule has 3 rings (SSSR count). The van der Waals surface area contributed by atoms with E-state index in [1.807, 2.05) is 0 Å². The van der Waals surface area contributed by atoms with Crippen LogP contribution in [0.4, 0.5) is 5.69 Å². The van der Waals surface area contributed by atoms with E-state index in [1.165, 1.54) is 6.07 Å². The number of hydrogen-bond acceptors (Lipinski definition) is 5. The van der Waals surface area contributed by atoms with Gasteiger partial charge in [-0.25, -0.2) is 4.79 Å². The van der Waals surface area contributed by atoms with Crippen LogP contribution in [0, 0.1) is 0 Å². The van der Waals surface area contributed by atoms with Crippen molar-refractivity contribution in [2.45, 2.75) is 19.1 Å². The highest BCUT2D eigenvalue weighted by atomic mass is 35.5. The standard InChI is InChI=1S/C18H15Cl2NO5/c1-10-17(26-15-5-3-2-4-14(15)25-10)18(23)24-9-16(22)21-13-8-11(19)6-7-12(13)20/h2-8,10,17H,9H2,1H3,(H,21,22). The molecule has 2 unspecified atom stereocenters. The van der Waals surface area contributed by atoms with E-state index >= 15 is 0 Å². The number of rotatable bonds is 4. The van der Waals surface area contributed by atoms with Crippen molar-refractivity contribution in [3.8, 4) is 11.5 Å². The highest BCUT2D eigenvalue weighted by molar-refractivity contribution is 6.35. The van der Waals surface area contributed by atoms with Gasteiger partial charge in [-0.05, 0) is 37.3 Å². The van der Waals surface area contributed by atoms with Crippen LogP contribution in [0.3, 0.4) is 0 Å². The summed E-state index contributed by atoms with van der Waals surface area (Å²) >= 11 is 11.8. The lowest BCUT2D eigenvalue weighted by atomic mass is 10.2. The molecule has 1 N–H and O–H groups in total. The summed E-state index contributed by atoms with van der Waals surface area (Å²) in [5.74, 6) is -0.244. The van der Waals surface area contributed by atoms with Crippen LogP contribution < -0.4 is 14.8 Å². The molecule has 2 atom stereocenters. The Bertz CT molecular complexity index is 842. The Kier molecular flexibility index (Phi) is 5.54. The van der Waals surface area contributed by atoms with Crippen molar-refractivity contribution in [1.29, 1.82) is 0 Å². The molecular weight excluding hydrogens is 381 g/mol. The molecule has 1 amide bonds. The number of carbonyl (C=O) groups excluding carboxylic acids is 2. The minimum atomic E-state index is -0.965. The molecule has 0 saturated heterocycles. The fraction of sp³-hybridized carbons (Fsp3) is 0.222. The Hall–Kier alpha value is -2.44. The van der Waals surface area contributed by atoms with Crippen LogP contribution >= 0.6 is 23.2 Å². The van der Waals surface area contributed by atoms with Crippen molar-refractivity contribution in [3.05, 3.63) is 52.5 Å². The van der Waals surface area contributed by atoms with E-state index in [-0.39, 0.29) is 0 Å². The molecule has 0 fully saturated rings. The third kappa shape index (κ3) is 4.20. The molecule has 0 bridgehead atoms. The van der Waals surface area contributed by atoms with Gasteiger partial charge >= 0.3 is 5.97 Å². The maximum absolute atomic E-state index is 12.2. The monoisotopic (exact) mass is 395 g/mol. The molecular formula is C18H15Cl2NO5. The Balaban J connectivity index is 1.57. The SMILES string of the molecule is CC1Oc2ccccc2OC1C(=O)OCC(=O)Nc1cc(Cl)ccc1Cl. The van der Waals surface area contributed by atoms with Gasteiger partial charge in [0.1, 0.15) is 6.10 Å². The summed E-state index contributed by atoms with van der Waals surface area (Å²) in [6.07, 6.45) is -1.52.